The molecule has 4 nitrogen and oxygen atoms in total. The van der Waals surface area contributed by atoms with E-state index in [1.165, 1.54) is 13.0 Å². The molecule has 0 aliphatic heterocycles. The Labute approximate surface area is 77.7 Å². The number of hydrogen-bond acceptors (Lipinski definition) is 4. The molecule has 74 valence electrons. The summed E-state index contributed by atoms with van der Waals surface area (Å²) in [6, 6.07) is -0.705. The molecule has 1 atom stereocenters. The second-order valence-electron chi connectivity index (χ2n) is 2.77. The van der Waals surface area contributed by atoms with E-state index in [2.05, 4.69) is 6.58 Å². The molecule has 0 spiro atoms. The molecule has 0 aromatic heterocycles. The molecular formula is C9H15NO3. The van der Waals surface area contributed by atoms with E-state index in [0.29, 0.717) is 12.8 Å². The van der Waals surface area contributed by atoms with Gasteiger partial charge in [-0.05, 0) is 13.3 Å². The second-order valence-corrected chi connectivity index (χ2v) is 2.77. The van der Waals surface area contributed by atoms with Gasteiger partial charge in [0.25, 0.3) is 0 Å². The van der Waals surface area contributed by atoms with Crippen LogP contribution in [-0.2, 0) is 14.3 Å². The first-order valence-corrected chi connectivity index (χ1v) is 4.10. The van der Waals surface area contributed by atoms with Crippen LogP contribution in [0, 0.1) is 0 Å². The Bertz CT molecular complexity index is 201. The summed E-state index contributed by atoms with van der Waals surface area (Å²) in [4.78, 5) is 21.6. The van der Waals surface area contributed by atoms with Gasteiger partial charge in [-0.15, -0.1) is 0 Å². The highest BCUT2D eigenvalue weighted by atomic mass is 16.5. The molecule has 0 aliphatic carbocycles. The third-order valence-corrected chi connectivity index (χ3v) is 1.45. The molecule has 0 aliphatic rings. The summed E-state index contributed by atoms with van der Waals surface area (Å²) in [6.07, 6.45) is 2.12. The molecule has 0 fully saturated rings. The number of ether oxygens (including phenoxy) is 1. The number of esters is 1. The maximum absolute atomic E-state index is 11.0. The first-order chi connectivity index (χ1) is 6.07. The molecule has 13 heavy (non-hydrogen) atoms. The number of hydrogen-bond donors (Lipinski definition) is 1. The predicted octanol–water partition coefficient (Wildman–Crippen LogP) is 0.412. The summed E-state index contributed by atoms with van der Waals surface area (Å²) < 4.78 is 4.69. The third-order valence-electron chi connectivity index (χ3n) is 1.45. The zero-order valence-corrected chi connectivity index (χ0v) is 7.79. The zero-order chi connectivity index (χ0) is 10.3. The maximum Gasteiger partial charge on any atom is 0.323 e. The highest BCUT2D eigenvalue weighted by Crippen LogP contribution is 1.97. The van der Waals surface area contributed by atoms with Gasteiger partial charge in [-0.3, -0.25) is 4.79 Å². The van der Waals surface area contributed by atoms with Gasteiger partial charge >= 0.3 is 5.97 Å². The number of Topliss-reactive ketones (excluding diaryl/α,β-unsaturated/α-hetero) is 1. The molecule has 0 aromatic rings. The number of carbonyl (C=O) groups is 2. The summed E-state index contributed by atoms with van der Waals surface area (Å²) >= 11 is 0. The van der Waals surface area contributed by atoms with Gasteiger partial charge in [-0.25, -0.2) is 0 Å². The number of nitrogens with two attached hydrogens (primary N) is 1. The van der Waals surface area contributed by atoms with Crippen molar-refractivity contribution in [1.29, 1.82) is 0 Å². The van der Waals surface area contributed by atoms with E-state index in [-0.39, 0.29) is 12.4 Å². The van der Waals surface area contributed by atoms with Gasteiger partial charge in [0, 0.05) is 6.42 Å². The second kappa shape index (κ2) is 6.37. The van der Waals surface area contributed by atoms with Gasteiger partial charge in [0.2, 0.25) is 0 Å². The topological polar surface area (TPSA) is 69.4 Å². The van der Waals surface area contributed by atoms with Crippen molar-refractivity contribution in [3.63, 3.8) is 0 Å². The molecule has 0 heterocycles. The summed E-state index contributed by atoms with van der Waals surface area (Å²) in [5.41, 5.74) is 5.45. The summed E-state index contributed by atoms with van der Waals surface area (Å²) in [7, 11) is 0. The van der Waals surface area contributed by atoms with Crippen LogP contribution in [0.2, 0.25) is 0 Å². The molecule has 0 aromatic carbocycles. The van der Waals surface area contributed by atoms with Gasteiger partial charge in [0.15, 0.2) is 0 Å². The zero-order valence-electron chi connectivity index (χ0n) is 7.79. The van der Waals surface area contributed by atoms with Crippen LogP contribution in [0.15, 0.2) is 12.7 Å². The molecule has 0 saturated heterocycles. The lowest BCUT2D eigenvalue weighted by molar-refractivity contribution is -0.144. The Morgan fingerprint density at radius 3 is 2.69 bits per heavy atom. The van der Waals surface area contributed by atoms with Crippen molar-refractivity contribution in [3.05, 3.63) is 12.7 Å². The molecule has 0 amide bonds. The maximum atomic E-state index is 11.0. The Balaban J connectivity index is 3.68. The minimum atomic E-state index is -0.705. The van der Waals surface area contributed by atoms with E-state index in [4.69, 9.17) is 10.5 Å². The molecule has 0 radical (unpaired) electrons. The van der Waals surface area contributed by atoms with Crippen LogP contribution in [0.3, 0.4) is 0 Å². The van der Waals surface area contributed by atoms with Crippen LogP contribution in [0.5, 0.6) is 0 Å². The van der Waals surface area contributed by atoms with Gasteiger partial charge in [0.1, 0.15) is 18.4 Å². The Kier molecular flexibility index (Phi) is 5.80. The molecule has 4 heteroatoms. The minimum absolute atomic E-state index is 0.0203. The van der Waals surface area contributed by atoms with Crippen molar-refractivity contribution in [1.82, 2.24) is 0 Å². The van der Waals surface area contributed by atoms with E-state index in [0.717, 1.165) is 0 Å². The van der Waals surface area contributed by atoms with Crippen LogP contribution in [0.1, 0.15) is 19.8 Å². The van der Waals surface area contributed by atoms with Crippen molar-refractivity contribution in [2.24, 2.45) is 5.73 Å². The van der Waals surface area contributed by atoms with Crippen LogP contribution in [0.25, 0.3) is 0 Å². The van der Waals surface area contributed by atoms with Crippen molar-refractivity contribution < 1.29 is 14.3 Å². The molecule has 1 unspecified atom stereocenters. The highest BCUT2D eigenvalue weighted by molar-refractivity contribution is 5.78. The smallest absolute Gasteiger partial charge is 0.323 e. The van der Waals surface area contributed by atoms with E-state index >= 15 is 0 Å². The fourth-order valence-corrected chi connectivity index (χ4v) is 0.725. The molecule has 0 rings (SSSR count). The first-order valence-electron chi connectivity index (χ1n) is 4.10. The largest absolute Gasteiger partial charge is 0.460 e. The molecule has 0 bridgehead atoms. The van der Waals surface area contributed by atoms with Crippen LogP contribution in [0.4, 0.5) is 0 Å². The molecular weight excluding hydrogens is 170 g/mol. The van der Waals surface area contributed by atoms with E-state index < -0.39 is 12.0 Å². The van der Waals surface area contributed by atoms with Gasteiger partial charge < -0.3 is 15.3 Å². The van der Waals surface area contributed by atoms with E-state index in [9.17, 15) is 9.59 Å². The molecule has 2 N–H and O–H groups in total. The Morgan fingerprint density at radius 2 is 2.23 bits per heavy atom. The monoisotopic (exact) mass is 185 g/mol. The van der Waals surface area contributed by atoms with Crippen molar-refractivity contribution in [2.75, 3.05) is 6.61 Å². The average molecular weight is 185 g/mol. The van der Waals surface area contributed by atoms with Gasteiger partial charge in [-0.1, -0.05) is 12.7 Å². The van der Waals surface area contributed by atoms with Crippen molar-refractivity contribution >= 4 is 11.8 Å². The predicted molar refractivity (Wildman–Crippen MR) is 49.0 cm³/mol. The normalized spacial score (nSPS) is 11.8. The number of ketones is 1. The number of carbonyl (C=O) groups excluding carboxylic acids is 2. The van der Waals surface area contributed by atoms with E-state index in [1.54, 1.807) is 0 Å². The summed E-state index contributed by atoms with van der Waals surface area (Å²) in [6.45, 7) is 5.01. The SMILES string of the molecule is C=CCOC(=O)C(N)CCC(C)=O. The van der Waals surface area contributed by atoms with Crippen LogP contribution < -0.4 is 5.73 Å². The standard InChI is InChI=1S/C9H15NO3/c1-3-6-13-9(12)8(10)5-4-7(2)11/h3,8H,1,4-6,10H2,2H3. The fraction of sp³-hybridized carbons (Fsp3) is 0.556. The summed E-state index contributed by atoms with van der Waals surface area (Å²) in [5.74, 6) is -0.465. The van der Waals surface area contributed by atoms with Crippen LogP contribution in [-0.4, -0.2) is 24.4 Å². The third kappa shape index (κ3) is 6.04. The van der Waals surface area contributed by atoms with Gasteiger partial charge in [0.05, 0.1) is 0 Å². The molecule has 0 saturated carbocycles. The van der Waals surface area contributed by atoms with Gasteiger partial charge in [-0.2, -0.15) is 0 Å². The lowest BCUT2D eigenvalue weighted by atomic mass is 10.1. The van der Waals surface area contributed by atoms with Crippen molar-refractivity contribution in [3.8, 4) is 0 Å². The number of rotatable bonds is 6. The average Bonchev–Trinajstić information content (AvgIpc) is 2.10. The van der Waals surface area contributed by atoms with Crippen LogP contribution >= 0.6 is 0 Å². The Hall–Kier alpha value is -1.16. The lowest BCUT2D eigenvalue weighted by Gasteiger charge is -2.08. The minimum Gasteiger partial charge on any atom is -0.460 e. The van der Waals surface area contributed by atoms with E-state index in [1.807, 2.05) is 0 Å². The Morgan fingerprint density at radius 1 is 1.62 bits per heavy atom. The fourth-order valence-electron chi connectivity index (χ4n) is 0.725. The quantitative estimate of drug-likeness (QED) is 0.480. The summed E-state index contributed by atoms with van der Waals surface area (Å²) in [5, 5.41) is 0. The lowest BCUT2D eigenvalue weighted by Crippen LogP contribution is -2.32. The highest BCUT2D eigenvalue weighted by Gasteiger charge is 2.14. The first kappa shape index (κ1) is 11.8. The van der Waals surface area contributed by atoms with Crippen molar-refractivity contribution in [2.45, 2.75) is 25.8 Å².